The van der Waals surface area contributed by atoms with Crippen LogP contribution in [0.3, 0.4) is 0 Å². The summed E-state index contributed by atoms with van der Waals surface area (Å²) in [7, 11) is 0. The van der Waals surface area contributed by atoms with Gasteiger partial charge in [0, 0.05) is 0 Å². The molecule has 0 aromatic rings. The van der Waals surface area contributed by atoms with Crippen LogP contribution in [0.1, 0.15) is 53.4 Å². The smallest absolute Gasteiger partial charge is 0.109 e. The first-order chi connectivity index (χ1) is 7.62. The summed E-state index contributed by atoms with van der Waals surface area (Å²) < 4.78 is 0. The summed E-state index contributed by atoms with van der Waals surface area (Å²) >= 11 is 0. The van der Waals surface area contributed by atoms with Gasteiger partial charge in [-0.15, -0.1) is 0 Å². The second-order valence-corrected chi connectivity index (χ2v) is 7.19. The van der Waals surface area contributed by atoms with E-state index in [0.29, 0.717) is 12.3 Å². The Labute approximate surface area is 105 Å². The van der Waals surface area contributed by atoms with Crippen LogP contribution in [-0.2, 0) is 0 Å². The third-order valence-corrected chi connectivity index (χ3v) is 5.64. The highest BCUT2D eigenvalue weighted by atomic mass is 16.3. The zero-order valence-corrected chi connectivity index (χ0v) is 11.6. The fourth-order valence-electron chi connectivity index (χ4n) is 4.29. The molecule has 0 amide bonds. The van der Waals surface area contributed by atoms with E-state index in [9.17, 15) is 10.2 Å². The van der Waals surface area contributed by atoms with Gasteiger partial charge in [0.1, 0.15) is 5.60 Å². The molecule has 0 saturated heterocycles. The molecule has 0 radical (unpaired) electrons. The highest BCUT2D eigenvalue weighted by molar-refractivity contribution is 5.29. The predicted octanol–water partition coefficient (Wildman–Crippen LogP) is 2.89. The van der Waals surface area contributed by atoms with Crippen LogP contribution in [0.4, 0.5) is 0 Å². The molecule has 2 aliphatic rings. The van der Waals surface area contributed by atoms with Crippen LogP contribution in [0.15, 0.2) is 12.2 Å². The first-order valence-electron chi connectivity index (χ1n) is 6.72. The summed E-state index contributed by atoms with van der Waals surface area (Å²) in [5, 5.41) is 20.6. The van der Waals surface area contributed by atoms with Crippen LogP contribution in [-0.4, -0.2) is 21.9 Å². The molecule has 2 N–H and O–H groups in total. The number of hydrogen-bond donors (Lipinski definition) is 2. The molecule has 0 unspecified atom stereocenters. The van der Waals surface area contributed by atoms with E-state index in [1.807, 2.05) is 0 Å². The minimum atomic E-state index is -1.13. The van der Waals surface area contributed by atoms with Crippen molar-refractivity contribution in [3.05, 3.63) is 12.2 Å². The predicted molar refractivity (Wildman–Crippen MR) is 69.6 cm³/mol. The van der Waals surface area contributed by atoms with Crippen molar-refractivity contribution in [3.63, 3.8) is 0 Å². The first kappa shape index (κ1) is 13.1. The van der Waals surface area contributed by atoms with Crippen molar-refractivity contribution in [1.29, 1.82) is 0 Å². The maximum Gasteiger partial charge on any atom is 0.109 e. The molecular formula is C15H26O2. The molecule has 0 heterocycles. The van der Waals surface area contributed by atoms with E-state index in [2.05, 4.69) is 27.4 Å². The molecule has 17 heavy (non-hydrogen) atoms. The van der Waals surface area contributed by atoms with E-state index in [1.165, 1.54) is 12.8 Å². The second kappa shape index (κ2) is 3.58. The lowest BCUT2D eigenvalue weighted by Gasteiger charge is -2.59. The minimum absolute atomic E-state index is 0.0233. The van der Waals surface area contributed by atoms with Crippen LogP contribution in [0.2, 0.25) is 0 Å². The van der Waals surface area contributed by atoms with Crippen LogP contribution in [0.25, 0.3) is 0 Å². The van der Waals surface area contributed by atoms with Gasteiger partial charge in [-0.2, -0.15) is 0 Å². The summed E-state index contributed by atoms with van der Waals surface area (Å²) in [6, 6.07) is 0. The fourth-order valence-corrected chi connectivity index (χ4v) is 4.29. The third-order valence-electron chi connectivity index (χ3n) is 5.64. The molecular weight excluding hydrogens is 212 g/mol. The van der Waals surface area contributed by atoms with Crippen LogP contribution in [0.5, 0.6) is 0 Å². The Morgan fingerprint density at radius 1 is 1.18 bits per heavy atom. The van der Waals surface area contributed by atoms with Gasteiger partial charge in [0.2, 0.25) is 0 Å². The van der Waals surface area contributed by atoms with Crippen LogP contribution in [0, 0.1) is 16.7 Å². The molecule has 2 nitrogen and oxygen atoms in total. The Bertz CT molecular complexity index is 343. The van der Waals surface area contributed by atoms with Crippen molar-refractivity contribution in [2.24, 2.45) is 16.7 Å². The van der Waals surface area contributed by atoms with Gasteiger partial charge in [0.05, 0.1) is 6.10 Å². The van der Waals surface area contributed by atoms with Gasteiger partial charge in [-0.1, -0.05) is 33.8 Å². The van der Waals surface area contributed by atoms with Crippen LogP contribution < -0.4 is 0 Å². The zero-order chi connectivity index (χ0) is 13.1. The summed E-state index contributed by atoms with van der Waals surface area (Å²) in [6.45, 7) is 12.6. The average Bonchev–Trinajstić information content (AvgIpc) is 2.20. The summed E-state index contributed by atoms with van der Waals surface area (Å²) in [4.78, 5) is 0. The maximum absolute atomic E-state index is 10.4. The normalized spacial score (nSPS) is 49.9. The van der Waals surface area contributed by atoms with Gasteiger partial charge < -0.3 is 10.2 Å². The Morgan fingerprint density at radius 3 is 2.35 bits per heavy atom. The van der Waals surface area contributed by atoms with Gasteiger partial charge in [0.25, 0.3) is 0 Å². The Kier molecular flexibility index (Phi) is 2.76. The number of fused-ring (bicyclic) bond motifs is 1. The van der Waals surface area contributed by atoms with E-state index in [4.69, 9.17) is 0 Å². The molecule has 2 rings (SSSR count). The van der Waals surface area contributed by atoms with Gasteiger partial charge in [-0.05, 0) is 48.5 Å². The number of hydrogen-bond acceptors (Lipinski definition) is 2. The van der Waals surface area contributed by atoms with E-state index < -0.39 is 11.7 Å². The van der Waals surface area contributed by atoms with Crippen molar-refractivity contribution >= 4 is 0 Å². The lowest BCUT2D eigenvalue weighted by Crippen LogP contribution is -2.58. The van der Waals surface area contributed by atoms with Crippen molar-refractivity contribution < 1.29 is 10.2 Å². The Morgan fingerprint density at radius 2 is 1.76 bits per heavy atom. The standard InChI is InChI=1S/C15H26O2/c1-10-14(4)8-6-7-13(2,3)11(14)9-12(16)15(10,5)17/h11-12,16-17H,1,6-9H2,2-5H3/t11-,12+,14+,15-/m0/s1. The number of rotatable bonds is 0. The average molecular weight is 238 g/mol. The van der Waals surface area contributed by atoms with Crippen molar-refractivity contribution in [1.82, 2.24) is 0 Å². The second-order valence-electron chi connectivity index (χ2n) is 7.19. The highest BCUT2D eigenvalue weighted by Gasteiger charge is 2.57. The minimum Gasteiger partial charge on any atom is -0.390 e. The molecule has 0 spiro atoms. The van der Waals surface area contributed by atoms with Gasteiger partial charge in [-0.25, -0.2) is 0 Å². The zero-order valence-electron chi connectivity index (χ0n) is 11.6. The van der Waals surface area contributed by atoms with Gasteiger partial charge >= 0.3 is 0 Å². The van der Waals surface area contributed by atoms with E-state index in [-0.39, 0.29) is 10.8 Å². The highest BCUT2D eigenvalue weighted by Crippen LogP contribution is 2.61. The Balaban J connectivity index is 2.44. The lowest BCUT2D eigenvalue weighted by atomic mass is 9.47. The molecule has 2 aliphatic carbocycles. The van der Waals surface area contributed by atoms with Gasteiger partial charge in [0.15, 0.2) is 0 Å². The number of aliphatic hydroxyl groups is 2. The molecule has 98 valence electrons. The topological polar surface area (TPSA) is 40.5 Å². The SMILES string of the molecule is C=C1[C@](C)(O)[C@H](O)C[C@H]2C(C)(C)CCC[C@]12C. The summed E-state index contributed by atoms with van der Waals surface area (Å²) in [5.74, 6) is 0.423. The summed E-state index contributed by atoms with van der Waals surface area (Å²) in [6.07, 6.45) is 3.49. The van der Waals surface area contributed by atoms with Gasteiger partial charge in [-0.3, -0.25) is 0 Å². The first-order valence-corrected chi connectivity index (χ1v) is 6.72. The molecule has 0 bridgehead atoms. The van der Waals surface area contributed by atoms with Crippen LogP contribution >= 0.6 is 0 Å². The number of aliphatic hydroxyl groups excluding tert-OH is 1. The molecule has 0 aliphatic heterocycles. The monoisotopic (exact) mass is 238 g/mol. The molecule has 2 saturated carbocycles. The van der Waals surface area contributed by atoms with E-state index >= 15 is 0 Å². The fraction of sp³-hybridized carbons (Fsp3) is 0.867. The van der Waals surface area contributed by atoms with Crippen molar-refractivity contribution in [2.45, 2.75) is 65.1 Å². The van der Waals surface area contributed by atoms with Crippen molar-refractivity contribution in [2.75, 3.05) is 0 Å². The molecule has 0 aromatic heterocycles. The third kappa shape index (κ3) is 1.68. The Hall–Kier alpha value is -0.340. The van der Waals surface area contributed by atoms with E-state index in [0.717, 1.165) is 12.0 Å². The summed E-state index contributed by atoms with van der Waals surface area (Å²) in [5.41, 5.74) is -0.0853. The molecule has 0 aromatic carbocycles. The maximum atomic E-state index is 10.4. The largest absolute Gasteiger partial charge is 0.390 e. The molecule has 2 fully saturated rings. The quantitative estimate of drug-likeness (QED) is 0.637. The van der Waals surface area contributed by atoms with E-state index in [1.54, 1.807) is 6.92 Å². The molecule has 4 atom stereocenters. The lowest BCUT2D eigenvalue weighted by molar-refractivity contribution is -0.130. The molecule has 2 heteroatoms. The van der Waals surface area contributed by atoms with Crippen molar-refractivity contribution in [3.8, 4) is 0 Å².